The summed E-state index contributed by atoms with van der Waals surface area (Å²) in [6.07, 6.45) is 3.53. The lowest BCUT2D eigenvalue weighted by Gasteiger charge is -2.36. The van der Waals surface area contributed by atoms with Crippen LogP contribution in [0, 0.1) is 6.92 Å². The Morgan fingerprint density at radius 2 is 1.68 bits per heavy atom. The number of ketones is 1. The molecule has 0 atom stereocenters. The number of nitrogens with zero attached hydrogens (tertiary/aromatic N) is 1. The molecule has 2 aliphatic heterocycles. The highest BCUT2D eigenvalue weighted by atomic mass is 32.2. The summed E-state index contributed by atoms with van der Waals surface area (Å²) in [7, 11) is -2.36. The first-order valence-corrected chi connectivity index (χ1v) is 10.4. The van der Waals surface area contributed by atoms with Gasteiger partial charge in [-0.25, -0.2) is 8.42 Å². The minimum absolute atomic E-state index is 0.125. The molecule has 6 heteroatoms. The third kappa shape index (κ3) is 2.52. The van der Waals surface area contributed by atoms with Crippen LogP contribution in [0.15, 0.2) is 64.0 Å². The van der Waals surface area contributed by atoms with Crippen LogP contribution in [0.5, 0.6) is 5.75 Å². The number of rotatable bonds is 3. The molecule has 28 heavy (non-hydrogen) atoms. The Morgan fingerprint density at radius 3 is 2.32 bits per heavy atom. The zero-order chi connectivity index (χ0) is 20.3. The van der Waals surface area contributed by atoms with Crippen LogP contribution in [-0.4, -0.2) is 26.8 Å². The predicted molar refractivity (Wildman–Crippen MR) is 109 cm³/mol. The lowest BCUT2D eigenvalue weighted by molar-refractivity contribution is -0.117. The molecule has 0 saturated carbocycles. The molecule has 5 nitrogen and oxygen atoms in total. The van der Waals surface area contributed by atoms with Crippen LogP contribution in [0.25, 0.3) is 6.08 Å². The van der Waals surface area contributed by atoms with E-state index in [9.17, 15) is 13.2 Å². The highest BCUT2D eigenvalue weighted by Crippen LogP contribution is 2.46. The van der Waals surface area contributed by atoms with E-state index in [0.717, 1.165) is 16.8 Å². The van der Waals surface area contributed by atoms with Crippen LogP contribution in [-0.2, 0) is 14.6 Å². The number of Topliss-reactive ketones (excluding diaryl/α,β-unsaturated/α-hetero) is 1. The van der Waals surface area contributed by atoms with Crippen LogP contribution >= 0.6 is 0 Å². The molecule has 0 N–H and O–H groups in total. The Labute approximate surface area is 164 Å². The second-order valence-electron chi connectivity index (χ2n) is 7.51. The van der Waals surface area contributed by atoms with Gasteiger partial charge in [0.1, 0.15) is 16.2 Å². The molecule has 0 fully saturated rings. The molecule has 0 aromatic heterocycles. The van der Waals surface area contributed by atoms with E-state index in [0.29, 0.717) is 11.4 Å². The maximum atomic E-state index is 13.4. The number of fused-ring (bicyclic) bond motifs is 3. The van der Waals surface area contributed by atoms with Gasteiger partial charge in [-0.3, -0.25) is 4.79 Å². The second-order valence-corrected chi connectivity index (χ2v) is 9.40. The normalized spacial score (nSPS) is 17.6. The topological polar surface area (TPSA) is 63.7 Å². The fourth-order valence-corrected chi connectivity index (χ4v) is 5.40. The summed E-state index contributed by atoms with van der Waals surface area (Å²) in [5.41, 5.74) is 2.00. The summed E-state index contributed by atoms with van der Waals surface area (Å²) in [4.78, 5) is 15.1. The minimum atomic E-state index is -3.95. The Hall–Kier alpha value is -2.86. The maximum Gasteiger partial charge on any atom is 0.212 e. The first kappa shape index (κ1) is 18.5. The van der Waals surface area contributed by atoms with Crippen LogP contribution in [0.4, 0.5) is 5.69 Å². The summed E-state index contributed by atoms with van der Waals surface area (Å²) < 4.78 is 32.0. The number of carbonyl (C=O) groups excluding carboxylic acids is 1. The highest BCUT2D eigenvalue weighted by molar-refractivity contribution is 7.96. The van der Waals surface area contributed by atoms with Gasteiger partial charge in [0.15, 0.2) is 0 Å². The van der Waals surface area contributed by atoms with Crippen molar-refractivity contribution in [2.75, 3.05) is 12.0 Å². The first-order valence-electron chi connectivity index (χ1n) is 8.95. The number of benzene rings is 2. The fraction of sp³-hybridized carbons (Fsp3) is 0.227. The molecule has 0 unspecified atom stereocenters. The zero-order valence-electron chi connectivity index (χ0n) is 16.2. The summed E-state index contributed by atoms with van der Waals surface area (Å²) >= 11 is 0. The molecule has 0 spiro atoms. The number of hydrogen-bond donors (Lipinski definition) is 0. The van der Waals surface area contributed by atoms with E-state index >= 15 is 0 Å². The number of allylic oxidation sites excluding steroid dienone is 1. The molecule has 0 amide bonds. The molecular formula is C22H21NO4S. The van der Waals surface area contributed by atoms with Crippen molar-refractivity contribution in [1.29, 1.82) is 0 Å². The molecule has 0 radical (unpaired) electrons. The number of sulfone groups is 1. The fourth-order valence-electron chi connectivity index (χ4n) is 3.74. The van der Waals surface area contributed by atoms with Crippen LogP contribution < -0.4 is 9.64 Å². The number of hydrogen-bond acceptors (Lipinski definition) is 5. The highest BCUT2D eigenvalue weighted by Gasteiger charge is 2.51. The molecule has 144 valence electrons. The number of aryl methyl sites for hydroxylation is 1. The van der Waals surface area contributed by atoms with E-state index in [2.05, 4.69) is 0 Å². The zero-order valence-corrected chi connectivity index (χ0v) is 17.0. The van der Waals surface area contributed by atoms with E-state index in [4.69, 9.17) is 4.74 Å². The lowest BCUT2D eigenvalue weighted by atomic mass is 9.97. The predicted octanol–water partition coefficient (Wildman–Crippen LogP) is 3.88. The SMILES string of the molecule is COc1ccc2c(c1)C=CC1=C(S(=O)(=O)c3ccc(C)cc3)C(=O)C(C)(C)N12. The first-order chi connectivity index (χ1) is 13.2. The van der Waals surface area contributed by atoms with Gasteiger partial charge in [-0.05, 0) is 57.2 Å². The third-order valence-electron chi connectivity index (χ3n) is 5.29. The van der Waals surface area contributed by atoms with E-state index in [1.807, 2.05) is 36.1 Å². The summed E-state index contributed by atoms with van der Waals surface area (Å²) in [5, 5.41) is 0. The van der Waals surface area contributed by atoms with E-state index in [1.54, 1.807) is 51.3 Å². The van der Waals surface area contributed by atoms with Crippen LogP contribution in [0.2, 0.25) is 0 Å². The van der Waals surface area contributed by atoms with Crippen molar-refractivity contribution in [2.24, 2.45) is 0 Å². The monoisotopic (exact) mass is 395 g/mol. The maximum absolute atomic E-state index is 13.4. The molecule has 2 heterocycles. The van der Waals surface area contributed by atoms with Gasteiger partial charge in [-0.2, -0.15) is 0 Å². The molecular weight excluding hydrogens is 374 g/mol. The van der Waals surface area contributed by atoms with Gasteiger partial charge in [0.05, 0.1) is 17.7 Å². The van der Waals surface area contributed by atoms with Crippen molar-refractivity contribution in [3.05, 3.63) is 70.3 Å². The van der Waals surface area contributed by atoms with Crippen molar-refractivity contribution < 1.29 is 17.9 Å². The standard InChI is InChI=1S/C22H21NO4S/c1-14-5-9-17(10-6-14)28(25,26)20-19-11-7-15-13-16(27-4)8-12-18(15)23(19)22(2,3)21(20)24/h5-13H,1-4H3. The van der Waals surface area contributed by atoms with Gasteiger partial charge in [0.2, 0.25) is 15.6 Å². The molecule has 2 aliphatic rings. The largest absolute Gasteiger partial charge is 0.497 e. The molecule has 2 aromatic carbocycles. The van der Waals surface area contributed by atoms with Gasteiger partial charge in [0, 0.05) is 11.3 Å². The number of ether oxygens (including phenoxy) is 1. The van der Waals surface area contributed by atoms with Gasteiger partial charge < -0.3 is 9.64 Å². The van der Waals surface area contributed by atoms with Gasteiger partial charge in [-0.1, -0.05) is 23.8 Å². The number of anilines is 1. The van der Waals surface area contributed by atoms with Crippen molar-refractivity contribution in [3.63, 3.8) is 0 Å². The van der Waals surface area contributed by atoms with Crippen LogP contribution in [0.1, 0.15) is 25.0 Å². The van der Waals surface area contributed by atoms with Crippen molar-refractivity contribution in [2.45, 2.75) is 31.2 Å². The quantitative estimate of drug-likeness (QED) is 0.789. The average Bonchev–Trinajstić information content (AvgIpc) is 2.88. The smallest absolute Gasteiger partial charge is 0.212 e. The van der Waals surface area contributed by atoms with Gasteiger partial charge in [0.25, 0.3) is 0 Å². The molecule has 0 aliphatic carbocycles. The van der Waals surface area contributed by atoms with Crippen molar-refractivity contribution in [3.8, 4) is 5.75 Å². The summed E-state index contributed by atoms with van der Waals surface area (Å²) in [6, 6.07) is 12.1. The minimum Gasteiger partial charge on any atom is -0.497 e. The Balaban J connectivity index is 1.94. The summed E-state index contributed by atoms with van der Waals surface area (Å²) in [5.74, 6) is 0.294. The van der Waals surface area contributed by atoms with Gasteiger partial charge in [-0.15, -0.1) is 0 Å². The number of methoxy groups -OCH3 is 1. The Bertz CT molecular complexity index is 1160. The molecule has 4 rings (SSSR count). The Morgan fingerprint density at radius 1 is 1.00 bits per heavy atom. The van der Waals surface area contributed by atoms with Gasteiger partial charge >= 0.3 is 0 Å². The van der Waals surface area contributed by atoms with E-state index in [-0.39, 0.29) is 9.80 Å². The average molecular weight is 395 g/mol. The number of carbonyl (C=O) groups is 1. The molecule has 0 saturated heterocycles. The third-order valence-corrected chi connectivity index (χ3v) is 7.12. The van der Waals surface area contributed by atoms with E-state index in [1.165, 1.54) is 0 Å². The molecule has 2 aromatic rings. The second kappa shape index (κ2) is 6.07. The lowest BCUT2D eigenvalue weighted by Crippen LogP contribution is -2.45. The summed E-state index contributed by atoms with van der Waals surface area (Å²) in [6.45, 7) is 5.39. The van der Waals surface area contributed by atoms with Crippen molar-refractivity contribution in [1.82, 2.24) is 0 Å². The molecule has 0 bridgehead atoms. The van der Waals surface area contributed by atoms with E-state index < -0.39 is 21.2 Å². The van der Waals surface area contributed by atoms with Crippen LogP contribution in [0.3, 0.4) is 0 Å². The van der Waals surface area contributed by atoms with Crippen molar-refractivity contribution >= 4 is 27.4 Å². The Kier molecular flexibility index (Phi) is 4.01.